The van der Waals surface area contributed by atoms with Crippen molar-refractivity contribution >= 4 is 5.91 Å². The summed E-state index contributed by atoms with van der Waals surface area (Å²) in [6.45, 7) is 3.96. The number of benzene rings is 1. The summed E-state index contributed by atoms with van der Waals surface area (Å²) in [5.41, 5.74) is 1.05. The van der Waals surface area contributed by atoms with Crippen LogP contribution in [0.4, 0.5) is 0 Å². The molecule has 20 heavy (non-hydrogen) atoms. The smallest absolute Gasteiger partial charge is 0.222 e. The summed E-state index contributed by atoms with van der Waals surface area (Å²) in [5, 5.41) is 13.7. The van der Waals surface area contributed by atoms with Gasteiger partial charge in [0.15, 0.2) is 0 Å². The number of ether oxygens (including phenoxy) is 1. The van der Waals surface area contributed by atoms with Crippen LogP contribution in [0.3, 0.4) is 0 Å². The fourth-order valence-corrected chi connectivity index (χ4v) is 2.68. The van der Waals surface area contributed by atoms with E-state index in [0.29, 0.717) is 6.42 Å². The molecule has 1 aromatic carbocycles. The maximum atomic E-state index is 11.7. The van der Waals surface area contributed by atoms with Gasteiger partial charge in [0.25, 0.3) is 0 Å². The van der Waals surface area contributed by atoms with Gasteiger partial charge in [-0.2, -0.15) is 0 Å². The molecule has 1 aliphatic carbocycles. The number of aryl methyl sites for hydroxylation is 1. The average molecular weight is 277 g/mol. The quantitative estimate of drug-likeness (QED) is 0.885. The molecule has 110 valence electrons. The molecule has 0 bridgehead atoms. The molecule has 2 rings (SSSR count). The van der Waals surface area contributed by atoms with Crippen molar-refractivity contribution in [3.05, 3.63) is 29.3 Å². The van der Waals surface area contributed by atoms with Gasteiger partial charge in [-0.05, 0) is 42.5 Å². The monoisotopic (exact) mass is 277 g/mol. The maximum absolute atomic E-state index is 11.7. The number of hydrogen-bond donors (Lipinski definition) is 2. The molecule has 1 unspecified atom stereocenters. The van der Waals surface area contributed by atoms with Crippen LogP contribution in [0.2, 0.25) is 0 Å². The summed E-state index contributed by atoms with van der Waals surface area (Å²) in [5.74, 6) is 0.704. The number of methoxy groups -OCH3 is 1. The minimum absolute atomic E-state index is 0.0286. The van der Waals surface area contributed by atoms with Gasteiger partial charge in [-0.1, -0.05) is 19.9 Å². The van der Waals surface area contributed by atoms with Crippen LogP contribution in [0.5, 0.6) is 5.75 Å². The zero-order valence-corrected chi connectivity index (χ0v) is 12.4. The van der Waals surface area contributed by atoms with Gasteiger partial charge < -0.3 is 15.2 Å². The van der Waals surface area contributed by atoms with E-state index in [9.17, 15) is 9.90 Å². The number of nitrogens with one attached hydrogen (secondary N) is 1. The van der Waals surface area contributed by atoms with Crippen LogP contribution in [0.1, 0.15) is 37.8 Å². The van der Waals surface area contributed by atoms with Crippen LogP contribution in [0, 0.1) is 5.92 Å². The molecule has 2 N–H and O–H groups in total. The van der Waals surface area contributed by atoms with E-state index in [1.165, 1.54) is 0 Å². The Bertz CT molecular complexity index is 498. The van der Waals surface area contributed by atoms with E-state index < -0.39 is 5.60 Å². The molecule has 0 aliphatic heterocycles. The zero-order chi connectivity index (χ0) is 14.8. The van der Waals surface area contributed by atoms with Crippen LogP contribution in [-0.4, -0.2) is 24.7 Å². The van der Waals surface area contributed by atoms with Crippen LogP contribution in [0.15, 0.2) is 18.2 Å². The predicted molar refractivity (Wildman–Crippen MR) is 77.7 cm³/mol. The summed E-state index contributed by atoms with van der Waals surface area (Å²) >= 11 is 0. The van der Waals surface area contributed by atoms with Gasteiger partial charge in [-0.25, -0.2) is 0 Å². The number of carbonyl (C=O) groups is 1. The molecule has 0 spiro atoms. The second-order valence-corrected chi connectivity index (χ2v) is 5.78. The van der Waals surface area contributed by atoms with E-state index in [2.05, 4.69) is 5.32 Å². The van der Waals surface area contributed by atoms with Gasteiger partial charge in [0, 0.05) is 5.92 Å². The molecule has 0 saturated carbocycles. The summed E-state index contributed by atoms with van der Waals surface area (Å²) in [6.07, 6.45) is 2.52. The first kappa shape index (κ1) is 14.9. The molecule has 4 heteroatoms. The third-order valence-corrected chi connectivity index (χ3v) is 3.93. The lowest BCUT2D eigenvalue weighted by molar-refractivity contribution is -0.125. The molecule has 0 fully saturated rings. The van der Waals surface area contributed by atoms with Crippen LogP contribution in [0.25, 0.3) is 0 Å². The van der Waals surface area contributed by atoms with E-state index in [1.54, 1.807) is 7.11 Å². The lowest BCUT2D eigenvalue weighted by Crippen LogP contribution is -2.44. The SMILES string of the molecule is COc1ccc2c(c1)CCCC2(O)CNC(=O)C(C)C. The normalized spacial score (nSPS) is 21.4. The Kier molecular flexibility index (Phi) is 4.33. The van der Waals surface area contributed by atoms with Gasteiger partial charge in [-0.15, -0.1) is 0 Å². The van der Waals surface area contributed by atoms with Gasteiger partial charge >= 0.3 is 0 Å². The highest BCUT2D eigenvalue weighted by molar-refractivity contribution is 5.77. The lowest BCUT2D eigenvalue weighted by atomic mass is 9.79. The molecule has 0 aromatic heterocycles. The van der Waals surface area contributed by atoms with Gasteiger partial charge in [-0.3, -0.25) is 4.79 Å². The topological polar surface area (TPSA) is 58.6 Å². The standard InChI is InChI=1S/C16H23NO3/c1-11(2)15(18)17-10-16(19)8-4-5-12-9-13(20-3)6-7-14(12)16/h6-7,9,11,19H,4-5,8,10H2,1-3H3,(H,17,18). The van der Waals surface area contributed by atoms with Crippen molar-refractivity contribution in [2.45, 2.75) is 38.7 Å². The summed E-state index contributed by atoms with van der Waals surface area (Å²) in [7, 11) is 1.64. The second-order valence-electron chi connectivity index (χ2n) is 5.78. The Morgan fingerprint density at radius 1 is 1.50 bits per heavy atom. The molecule has 1 amide bonds. The molecule has 4 nitrogen and oxygen atoms in total. The van der Waals surface area contributed by atoms with Crippen LogP contribution in [-0.2, 0) is 16.8 Å². The van der Waals surface area contributed by atoms with E-state index in [4.69, 9.17) is 4.74 Å². The Labute approximate surface area is 120 Å². The van der Waals surface area contributed by atoms with Gasteiger partial charge in [0.1, 0.15) is 11.4 Å². The number of rotatable bonds is 4. The summed E-state index contributed by atoms with van der Waals surface area (Å²) < 4.78 is 5.23. The highest BCUT2D eigenvalue weighted by atomic mass is 16.5. The fourth-order valence-electron chi connectivity index (χ4n) is 2.68. The van der Waals surface area contributed by atoms with Crippen molar-refractivity contribution in [1.29, 1.82) is 0 Å². The molecular weight excluding hydrogens is 254 g/mol. The Morgan fingerprint density at radius 3 is 2.90 bits per heavy atom. The second kappa shape index (κ2) is 5.83. The zero-order valence-electron chi connectivity index (χ0n) is 12.4. The van der Waals surface area contributed by atoms with Gasteiger partial charge in [0.2, 0.25) is 5.91 Å². The van der Waals surface area contributed by atoms with E-state index in [-0.39, 0.29) is 18.4 Å². The molecule has 1 aliphatic rings. The van der Waals surface area contributed by atoms with Crippen molar-refractivity contribution in [2.75, 3.05) is 13.7 Å². The van der Waals surface area contributed by atoms with Crippen LogP contribution < -0.4 is 10.1 Å². The van der Waals surface area contributed by atoms with Crippen molar-refractivity contribution in [3.8, 4) is 5.75 Å². The molecule has 1 atom stereocenters. The third kappa shape index (κ3) is 2.96. The average Bonchev–Trinajstić information content (AvgIpc) is 2.44. The van der Waals surface area contributed by atoms with Crippen LogP contribution >= 0.6 is 0 Å². The molecule has 0 saturated heterocycles. The molecular formula is C16H23NO3. The number of aliphatic hydroxyl groups is 1. The third-order valence-electron chi connectivity index (χ3n) is 3.93. The lowest BCUT2D eigenvalue weighted by Gasteiger charge is -2.35. The largest absolute Gasteiger partial charge is 0.497 e. The summed E-state index contributed by atoms with van der Waals surface area (Å²) in [6, 6.07) is 5.75. The van der Waals surface area contributed by atoms with E-state index >= 15 is 0 Å². The molecule has 0 heterocycles. The Morgan fingerprint density at radius 2 is 2.25 bits per heavy atom. The van der Waals surface area contributed by atoms with Crippen molar-refractivity contribution in [2.24, 2.45) is 5.92 Å². The summed E-state index contributed by atoms with van der Waals surface area (Å²) in [4.78, 5) is 11.7. The minimum Gasteiger partial charge on any atom is -0.497 e. The number of fused-ring (bicyclic) bond motifs is 1. The number of amides is 1. The minimum atomic E-state index is -0.968. The highest BCUT2D eigenvalue weighted by Crippen LogP contribution is 2.36. The van der Waals surface area contributed by atoms with Crippen molar-refractivity contribution in [1.82, 2.24) is 5.32 Å². The Balaban J connectivity index is 2.20. The van der Waals surface area contributed by atoms with Gasteiger partial charge in [0.05, 0.1) is 13.7 Å². The first-order valence-corrected chi connectivity index (χ1v) is 7.14. The first-order valence-electron chi connectivity index (χ1n) is 7.14. The molecule has 0 radical (unpaired) electrons. The fraction of sp³-hybridized carbons (Fsp3) is 0.562. The van der Waals surface area contributed by atoms with Crippen molar-refractivity contribution in [3.63, 3.8) is 0 Å². The molecule has 1 aromatic rings. The Hall–Kier alpha value is -1.55. The highest BCUT2D eigenvalue weighted by Gasteiger charge is 2.34. The number of hydrogen-bond acceptors (Lipinski definition) is 3. The maximum Gasteiger partial charge on any atom is 0.222 e. The van der Waals surface area contributed by atoms with E-state index in [0.717, 1.165) is 29.7 Å². The first-order chi connectivity index (χ1) is 9.46. The van der Waals surface area contributed by atoms with E-state index in [1.807, 2.05) is 32.0 Å². The predicted octanol–water partition coefficient (Wildman–Crippen LogP) is 1.99. The number of carbonyl (C=O) groups excluding carboxylic acids is 1. The van der Waals surface area contributed by atoms with Crippen molar-refractivity contribution < 1.29 is 14.6 Å².